The molecule has 0 aliphatic carbocycles. The van der Waals surface area contributed by atoms with E-state index in [9.17, 15) is 48.3 Å². The second-order valence-electron chi connectivity index (χ2n) is 7.23. The standard InChI is InChI=1S/C19H21F8IO6S/c1-2-3-4-5-6-7-12-32-13-8-10-14(11-9-13)33-15(29)16(20,21)17(22,23)18(24,25)19(26,27)35(30,31)34-28/h8-11H,2-7,12H2,1H3. The lowest BCUT2D eigenvalue weighted by Crippen LogP contribution is -2.66. The average Bonchev–Trinajstić information content (AvgIpc) is 2.78. The molecule has 0 N–H and O–H groups in total. The number of hydrogen-bond donors (Lipinski definition) is 0. The predicted molar refractivity (Wildman–Crippen MR) is 115 cm³/mol. The summed E-state index contributed by atoms with van der Waals surface area (Å²) in [6.07, 6.45) is 5.88. The first-order chi connectivity index (χ1) is 16.0. The zero-order chi connectivity index (χ0) is 27.1. The average molecular weight is 656 g/mol. The van der Waals surface area contributed by atoms with Crippen LogP contribution in [0.3, 0.4) is 0 Å². The fourth-order valence-electron chi connectivity index (χ4n) is 2.55. The van der Waals surface area contributed by atoms with E-state index in [1.165, 1.54) is 0 Å². The molecular weight excluding hydrogens is 635 g/mol. The Labute approximate surface area is 210 Å². The monoisotopic (exact) mass is 656 g/mol. The SMILES string of the molecule is CCCCCCCCOc1ccc(OC(=O)C(F)(F)C(F)(F)C(F)(F)C(F)(F)S(=O)(=O)OI)cc1. The van der Waals surface area contributed by atoms with Gasteiger partial charge in [0.05, 0.1) is 6.61 Å². The van der Waals surface area contributed by atoms with Crippen LogP contribution in [0.1, 0.15) is 45.4 Å². The Bertz CT molecular complexity index is 941. The quantitative estimate of drug-likeness (QED) is 0.0703. The van der Waals surface area contributed by atoms with E-state index in [2.05, 4.69) is 14.2 Å². The molecule has 35 heavy (non-hydrogen) atoms. The first kappa shape index (κ1) is 31.6. The molecule has 0 spiro atoms. The summed E-state index contributed by atoms with van der Waals surface area (Å²) in [6.45, 7) is 2.36. The normalized spacial score (nSPS) is 13.5. The summed E-state index contributed by atoms with van der Waals surface area (Å²) in [7, 11) is -6.78. The Balaban J connectivity index is 2.88. The van der Waals surface area contributed by atoms with Crippen LogP contribution >= 0.6 is 23.0 Å². The maximum atomic E-state index is 13.9. The number of hydrogen-bond acceptors (Lipinski definition) is 6. The van der Waals surface area contributed by atoms with E-state index in [0.717, 1.165) is 56.4 Å². The van der Waals surface area contributed by atoms with E-state index < -0.39 is 44.9 Å². The highest BCUT2D eigenvalue weighted by Crippen LogP contribution is 2.55. The van der Waals surface area contributed by atoms with Crippen molar-refractivity contribution >= 4 is 39.1 Å². The maximum Gasteiger partial charge on any atom is 0.439 e. The molecule has 6 nitrogen and oxygen atoms in total. The number of carbonyl (C=O) groups excluding carboxylic acids is 1. The van der Waals surface area contributed by atoms with Gasteiger partial charge in [0.2, 0.25) is 0 Å². The highest BCUT2D eigenvalue weighted by molar-refractivity contribution is 14.1. The van der Waals surface area contributed by atoms with Crippen molar-refractivity contribution in [1.82, 2.24) is 0 Å². The van der Waals surface area contributed by atoms with Crippen LogP contribution in [0.25, 0.3) is 0 Å². The largest absolute Gasteiger partial charge is 0.494 e. The summed E-state index contributed by atoms with van der Waals surface area (Å²) in [5.41, 5.74) is 0. The number of esters is 1. The molecule has 1 rings (SSSR count). The first-order valence-corrected chi connectivity index (χ1v) is 12.3. The third-order valence-corrected chi connectivity index (χ3v) is 7.08. The Morgan fingerprint density at radius 2 is 1.31 bits per heavy atom. The third kappa shape index (κ3) is 6.87. The summed E-state index contributed by atoms with van der Waals surface area (Å²) >= 11 is 0.157. The van der Waals surface area contributed by atoms with Crippen LogP contribution in [0.4, 0.5) is 35.1 Å². The summed E-state index contributed by atoms with van der Waals surface area (Å²) in [6, 6.07) is 3.82. The van der Waals surface area contributed by atoms with Crippen molar-refractivity contribution in [2.24, 2.45) is 0 Å². The van der Waals surface area contributed by atoms with Gasteiger partial charge in [0.1, 0.15) is 34.5 Å². The number of halogens is 9. The molecule has 0 saturated heterocycles. The van der Waals surface area contributed by atoms with Gasteiger partial charge in [-0.2, -0.15) is 46.1 Å². The molecule has 0 fully saturated rings. The maximum absolute atomic E-state index is 13.9. The van der Waals surface area contributed by atoms with E-state index in [-0.39, 0.29) is 28.8 Å². The van der Waals surface area contributed by atoms with Gasteiger partial charge in [0.25, 0.3) is 0 Å². The van der Waals surface area contributed by atoms with Crippen molar-refractivity contribution in [3.63, 3.8) is 0 Å². The lowest BCUT2D eigenvalue weighted by Gasteiger charge is -2.34. The summed E-state index contributed by atoms with van der Waals surface area (Å²) < 4.78 is 144. The van der Waals surface area contributed by atoms with Crippen molar-refractivity contribution in [2.45, 2.75) is 68.5 Å². The smallest absolute Gasteiger partial charge is 0.439 e. The highest BCUT2D eigenvalue weighted by atomic mass is 127. The van der Waals surface area contributed by atoms with Crippen molar-refractivity contribution in [1.29, 1.82) is 0 Å². The summed E-state index contributed by atoms with van der Waals surface area (Å²) in [5.74, 6) is -25.0. The molecule has 16 heteroatoms. The van der Waals surface area contributed by atoms with Crippen LogP contribution in [0.5, 0.6) is 11.5 Å². The molecule has 202 valence electrons. The van der Waals surface area contributed by atoms with Crippen LogP contribution in [-0.2, 0) is 17.4 Å². The molecule has 0 unspecified atom stereocenters. The first-order valence-electron chi connectivity index (χ1n) is 10.0. The molecule has 0 bridgehead atoms. The van der Waals surface area contributed by atoms with Gasteiger partial charge in [-0.25, -0.2) is 4.79 Å². The van der Waals surface area contributed by atoms with Crippen LogP contribution in [0.15, 0.2) is 24.3 Å². The number of alkyl halides is 8. The lowest BCUT2D eigenvalue weighted by molar-refractivity contribution is -0.340. The second-order valence-corrected chi connectivity index (χ2v) is 9.86. The number of benzene rings is 1. The molecule has 0 aliphatic heterocycles. The number of ether oxygens (including phenoxy) is 2. The molecule has 0 heterocycles. The zero-order valence-electron chi connectivity index (χ0n) is 18.0. The van der Waals surface area contributed by atoms with E-state index in [4.69, 9.17) is 4.74 Å². The van der Waals surface area contributed by atoms with Crippen LogP contribution in [0.2, 0.25) is 0 Å². The van der Waals surface area contributed by atoms with Gasteiger partial charge in [-0.05, 0) is 30.7 Å². The zero-order valence-corrected chi connectivity index (χ0v) is 21.0. The minimum atomic E-state index is -7.28. The Morgan fingerprint density at radius 1 is 0.829 bits per heavy atom. The summed E-state index contributed by atoms with van der Waals surface area (Å²) in [4.78, 5) is 11.5. The van der Waals surface area contributed by atoms with Crippen LogP contribution < -0.4 is 9.47 Å². The second kappa shape index (κ2) is 12.2. The third-order valence-electron chi connectivity index (χ3n) is 4.61. The van der Waals surface area contributed by atoms with Gasteiger partial charge < -0.3 is 9.47 Å². The molecule has 0 aliphatic rings. The molecule has 0 amide bonds. The van der Waals surface area contributed by atoms with Gasteiger partial charge >= 0.3 is 39.1 Å². The molecule has 0 radical (unpaired) electrons. The highest BCUT2D eigenvalue weighted by Gasteiger charge is 2.87. The predicted octanol–water partition coefficient (Wildman–Crippen LogP) is 6.53. The molecule has 0 atom stereocenters. The van der Waals surface area contributed by atoms with E-state index in [0.29, 0.717) is 13.0 Å². The molecule has 0 saturated carbocycles. The van der Waals surface area contributed by atoms with Crippen LogP contribution in [-0.4, -0.2) is 44.0 Å². The molecule has 1 aromatic carbocycles. The van der Waals surface area contributed by atoms with Crippen LogP contribution in [0, 0.1) is 0 Å². The lowest BCUT2D eigenvalue weighted by atomic mass is 10.0. The minimum Gasteiger partial charge on any atom is -0.494 e. The van der Waals surface area contributed by atoms with Gasteiger partial charge in [-0.3, -0.25) is 0 Å². The minimum absolute atomic E-state index is 0.157. The number of unbranched alkanes of at least 4 members (excludes halogenated alkanes) is 5. The fraction of sp³-hybridized carbons (Fsp3) is 0.632. The number of carbonyl (C=O) groups is 1. The van der Waals surface area contributed by atoms with Gasteiger partial charge in [0, 0.05) is 0 Å². The molecule has 1 aromatic rings. The number of rotatable bonds is 15. The van der Waals surface area contributed by atoms with Crippen molar-refractivity contribution in [3.05, 3.63) is 24.3 Å². The van der Waals surface area contributed by atoms with Crippen molar-refractivity contribution in [2.75, 3.05) is 6.61 Å². The van der Waals surface area contributed by atoms with Gasteiger partial charge in [0.15, 0.2) is 0 Å². The van der Waals surface area contributed by atoms with Crippen molar-refractivity contribution < 1.29 is 60.3 Å². The Kier molecular flexibility index (Phi) is 11.0. The van der Waals surface area contributed by atoms with Crippen molar-refractivity contribution in [3.8, 4) is 11.5 Å². The van der Waals surface area contributed by atoms with Gasteiger partial charge in [-0.1, -0.05) is 39.0 Å². The Hall–Kier alpha value is -1.43. The van der Waals surface area contributed by atoms with E-state index >= 15 is 0 Å². The van der Waals surface area contributed by atoms with Gasteiger partial charge in [-0.15, -0.1) is 0 Å². The summed E-state index contributed by atoms with van der Waals surface area (Å²) in [5, 5.41) is -6.83. The fourth-order valence-corrected chi connectivity index (χ4v) is 3.75. The van der Waals surface area contributed by atoms with E-state index in [1.807, 2.05) is 0 Å². The Morgan fingerprint density at radius 3 is 1.83 bits per heavy atom. The van der Waals surface area contributed by atoms with E-state index in [1.54, 1.807) is 0 Å². The topological polar surface area (TPSA) is 78.9 Å². The molecular formula is C19H21F8IO6S. The molecule has 0 aromatic heterocycles.